The molecule has 4 heteroatoms. The molecule has 0 radical (unpaired) electrons. The number of nitrogens with zero attached hydrogens (tertiary/aromatic N) is 2. The fraction of sp³-hybridized carbons (Fsp3) is 0.500. The van der Waals surface area contributed by atoms with Gasteiger partial charge in [0.2, 0.25) is 0 Å². The first-order valence-corrected chi connectivity index (χ1v) is 7.88. The maximum absolute atomic E-state index is 4.84. The number of hydrogen-bond donors (Lipinski definition) is 1. The molecule has 1 atom stereocenters. The van der Waals surface area contributed by atoms with Gasteiger partial charge in [0, 0.05) is 29.2 Å². The van der Waals surface area contributed by atoms with Crippen LogP contribution < -0.4 is 5.32 Å². The minimum absolute atomic E-state index is 0.0894. The Kier molecular flexibility index (Phi) is 4.55. The van der Waals surface area contributed by atoms with Crippen molar-refractivity contribution in [3.63, 3.8) is 0 Å². The molecule has 2 rings (SSSR count). The second kappa shape index (κ2) is 6.02. The summed E-state index contributed by atoms with van der Waals surface area (Å²) in [7, 11) is 0. The molecule has 0 aromatic carbocycles. The third-order valence-electron chi connectivity index (χ3n) is 3.06. The first-order chi connectivity index (χ1) is 9.38. The Bertz CT molecular complexity index is 540. The molecule has 1 N–H and O–H groups in total. The molecule has 0 aliphatic rings. The molecule has 0 aliphatic carbocycles. The maximum Gasteiger partial charge on any atom is 0.114 e. The summed E-state index contributed by atoms with van der Waals surface area (Å²) in [6, 6.07) is 4.58. The maximum atomic E-state index is 4.84. The Morgan fingerprint density at radius 3 is 2.50 bits per heavy atom. The summed E-state index contributed by atoms with van der Waals surface area (Å²) in [4.78, 5) is 9.07. The van der Waals surface area contributed by atoms with E-state index in [1.807, 2.05) is 12.3 Å². The molecule has 108 valence electrons. The summed E-state index contributed by atoms with van der Waals surface area (Å²) in [6.07, 6.45) is 3.72. The lowest BCUT2D eigenvalue weighted by atomic mass is 9.93. The normalized spacial score (nSPS) is 13.7. The highest BCUT2D eigenvalue weighted by Crippen LogP contribution is 2.30. The van der Waals surface area contributed by atoms with Gasteiger partial charge >= 0.3 is 0 Å². The number of rotatable bonds is 4. The van der Waals surface area contributed by atoms with Gasteiger partial charge in [0.1, 0.15) is 5.01 Å². The van der Waals surface area contributed by atoms with Crippen LogP contribution in [0.15, 0.2) is 29.9 Å². The van der Waals surface area contributed by atoms with E-state index in [2.05, 4.69) is 56.4 Å². The van der Waals surface area contributed by atoms with Crippen molar-refractivity contribution in [3.8, 4) is 0 Å². The molecule has 0 spiro atoms. The van der Waals surface area contributed by atoms with Crippen molar-refractivity contribution in [3.05, 3.63) is 46.2 Å². The van der Waals surface area contributed by atoms with Gasteiger partial charge in [-0.05, 0) is 25.5 Å². The monoisotopic (exact) mass is 289 g/mol. The van der Waals surface area contributed by atoms with E-state index in [4.69, 9.17) is 4.98 Å². The van der Waals surface area contributed by atoms with Crippen molar-refractivity contribution in [2.45, 2.75) is 52.1 Å². The van der Waals surface area contributed by atoms with Gasteiger partial charge in [-0.15, -0.1) is 11.3 Å². The number of pyridine rings is 1. The Hall–Kier alpha value is -1.26. The first kappa shape index (κ1) is 15.1. The minimum Gasteiger partial charge on any atom is -0.302 e. The first-order valence-electron chi connectivity index (χ1n) is 7.00. The van der Waals surface area contributed by atoms with Crippen LogP contribution in [-0.2, 0) is 5.41 Å². The third-order valence-corrected chi connectivity index (χ3v) is 3.96. The second-order valence-electron chi connectivity index (χ2n) is 6.36. The van der Waals surface area contributed by atoms with Gasteiger partial charge in [-0.3, -0.25) is 4.98 Å². The van der Waals surface area contributed by atoms with Crippen LogP contribution in [0.1, 0.15) is 56.9 Å². The molecular formula is C16H23N3S. The highest BCUT2D eigenvalue weighted by Gasteiger charge is 2.23. The molecule has 0 aliphatic heterocycles. The topological polar surface area (TPSA) is 37.8 Å². The highest BCUT2D eigenvalue weighted by atomic mass is 32.1. The summed E-state index contributed by atoms with van der Waals surface area (Å²) in [5.74, 6) is 0. The predicted octanol–water partition coefficient (Wildman–Crippen LogP) is 3.92. The van der Waals surface area contributed by atoms with E-state index in [9.17, 15) is 0 Å². The second-order valence-corrected chi connectivity index (χ2v) is 7.25. The molecule has 0 saturated heterocycles. The summed E-state index contributed by atoms with van der Waals surface area (Å²) < 4.78 is 0. The molecule has 3 nitrogen and oxygen atoms in total. The van der Waals surface area contributed by atoms with Crippen LogP contribution in [0.2, 0.25) is 0 Å². The van der Waals surface area contributed by atoms with Crippen LogP contribution in [0.4, 0.5) is 0 Å². The molecule has 2 aromatic rings. The summed E-state index contributed by atoms with van der Waals surface area (Å²) >= 11 is 1.72. The molecule has 0 saturated carbocycles. The molecule has 2 heterocycles. The van der Waals surface area contributed by atoms with Gasteiger partial charge in [0.25, 0.3) is 0 Å². The van der Waals surface area contributed by atoms with Crippen LogP contribution in [0, 0.1) is 0 Å². The third kappa shape index (κ3) is 3.64. The van der Waals surface area contributed by atoms with Gasteiger partial charge in [0.05, 0.1) is 11.7 Å². The van der Waals surface area contributed by atoms with E-state index in [0.29, 0.717) is 6.04 Å². The van der Waals surface area contributed by atoms with Crippen molar-refractivity contribution < 1.29 is 0 Å². The SMILES string of the molecule is CC(C)NC(c1cccnc1)c1nc(C(C)(C)C)cs1. The Balaban J connectivity index is 2.35. The van der Waals surface area contributed by atoms with Crippen LogP contribution in [0.3, 0.4) is 0 Å². The van der Waals surface area contributed by atoms with E-state index in [0.717, 1.165) is 16.3 Å². The van der Waals surface area contributed by atoms with Crippen LogP contribution in [-0.4, -0.2) is 16.0 Å². The van der Waals surface area contributed by atoms with Gasteiger partial charge < -0.3 is 5.32 Å². The summed E-state index contributed by atoms with van der Waals surface area (Å²) in [5.41, 5.74) is 2.40. The lowest BCUT2D eigenvalue weighted by molar-refractivity contribution is 0.518. The lowest BCUT2D eigenvalue weighted by Crippen LogP contribution is -2.29. The average molecular weight is 289 g/mol. The van der Waals surface area contributed by atoms with Gasteiger partial charge in [-0.2, -0.15) is 0 Å². The Labute approximate surface area is 125 Å². The molecule has 0 bridgehead atoms. The fourth-order valence-electron chi connectivity index (χ4n) is 1.95. The largest absolute Gasteiger partial charge is 0.302 e. The number of nitrogens with one attached hydrogen (secondary N) is 1. The Morgan fingerprint density at radius 1 is 1.25 bits per heavy atom. The zero-order valence-electron chi connectivity index (χ0n) is 12.8. The fourth-order valence-corrected chi connectivity index (χ4v) is 3.08. The zero-order chi connectivity index (χ0) is 14.8. The van der Waals surface area contributed by atoms with Gasteiger partial charge in [-0.25, -0.2) is 4.98 Å². The molecular weight excluding hydrogens is 266 g/mol. The lowest BCUT2D eigenvalue weighted by Gasteiger charge is -2.20. The van der Waals surface area contributed by atoms with Crippen molar-refractivity contribution in [2.75, 3.05) is 0 Å². The van der Waals surface area contributed by atoms with Crippen molar-refractivity contribution >= 4 is 11.3 Å². The van der Waals surface area contributed by atoms with E-state index in [1.54, 1.807) is 17.5 Å². The van der Waals surface area contributed by atoms with Gasteiger partial charge in [0.15, 0.2) is 0 Å². The molecule has 2 aromatic heterocycles. The van der Waals surface area contributed by atoms with Crippen molar-refractivity contribution in [1.29, 1.82) is 0 Å². The highest BCUT2D eigenvalue weighted by molar-refractivity contribution is 7.09. The van der Waals surface area contributed by atoms with Crippen LogP contribution in [0.5, 0.6) is 0 Å². The molecule has 0 fully saturated rings. The summed E-state index contributed by atoms with van der Waals surface area (Å²) in [5, 5.41) is 6.86. The van der Waals surface area contributed by atoms with Crippen molar-refractivity contribution in [1.82, 2.24) is 15.3 Å². The minimum atomic E-state index is 0.0894. The van der Waals surface area contributed by atoms with Crippen molar-refractivity contribution in [2.24, 2.45) is 0 Å². The predicted molar refractivity (Wildman–Crippen MR) is 85.2 cm³/mol. The van der Waals surface area contributed by atoms with Gasteiger partial charge in [-0.1, -0.05) is 26.8 Å². The quantitative estimate of drug-likeness (QED) is 0.927. The van der Waals surface area contributed by atoms with E-state index < -0.39 is 0 Å². The Morgan fingerprint density at radius 2 is 2.00 bits per heavy atom. The van der Waals surface area contributed by atoms with E-state index in [1.165, 1.54) is 0 Å². The smallest absolute Gasteiger partial charge is 0.114 e. The standard InChI is InChI=1S/C16H23N3S/c1-11(2)18-14(12-7-6-8-17-9-12)15-19-13(10-20-15)16(3,4)5/h6-11,14,18H,1-5H3. The molecule has 1 unspecified atom stereocenters. The van der Waals surface area contributed by atoms with E-state index in [-0.39, 0.29) is 11.5 Å². The van der Waals surface area contributed by atoms with Crippen LogP contribution >= 0.6 is 11.3 Å². The molecule has 20 heavy (non-hydrogen) atoms. The zero-order valence-corrected chi connectivity index (χ0v) is 13.7. The number of aromatic nitrogens is 2. The average Bonchev–Trinajstić information content (AvgIpc) is 2.86. The number of thiazole rings is 1. The van der Waals surface area contributed by atoms with Crippen LogP contribution in [0.25, 0.3) is 0 Å². The van der Waals surface area contributed by atoms with E-state index >= 15 is 0 Å². The molecule has 0 amide bonds. The number of hydrogen-bond acceptors (Lipinski definition) is 4. The summed E-state index contributed by atoms with van der Waals surface area (Å²) in [6.45, 7) is 10.9.